The topological polar surface area (TPSA) is 91.0 Å². The first-order chi connectivity index (χ1) is 8.56. The van der Waals surface area contributed by atoms with Crippen molar-refractivity contribution in [1.29, 1.82) is 5.26 Å². The van der Waals surface area contributed by atoms with Gasteiger partial charge in [0.15, 0.2) is 5.82 Å². The van der Waals surface area contributed by atoms with E-state index in [1.165, 1.54) is 6.20 Å². The highest BCUT2D eigenvalue weighted by molar-refractivity contribution is 5.97. The maximum Gasteiger partial charge on any atom is 0.263 e. The summed E-state index contributed by atoms with van der Waals surface area (Å²) in [4.78, 5) is 11.7. The molecule has 0 aliphatic heterocycles. The largest absolute Gasteiger partial charge is 0.360 e. The number of nitrogens with one attached hydrogen (secondary N) is 2. The molecule has 0 saturated heterocycles. The fourth-order valence-electron chi connectivity index (χ4n) is 1.13. The van der Waals surface area contributed by atoms with E-state index in [1.807, 2.05) is 19.9 Å². The van der Waals surface area contributed by atoms with Gasteiger partial charge < -0.3 is 15.2 Å². The molecule has 1 heterocycles. The summed E-state index contributed by atoms with van der Waals surface area (Å²) in [6.07, 6.45) is 2.12. The molecule has 18 heavy (non-hydrogen) atoms. The van der Waals surface area contributed by atoms with E-state index in [0.717, 1.165) is 6.42 Å². The van der Waals surface area contributed by atoms with Gasteiger partial charge in [0.2, 0.25) is 0 Å². The van der Waals surface area contributed by atoms with Crippen molar-refractivity contribution < 1.29 is 9.32 Å². The van der Waals surface area contributed by atoms with E-state index in [4.69, 9.17) is 9.78 Å². The maximum absolute atomic E-state index is 11.7. The van der Waals surface area contributed by atoms with E-state index >= 15 is 0 Å². The number of anilines is 1. The fourth-order valence-corrected chi connectivity index (χ4v) is 1.13. The van der Waals surface area contributed by atoms with Gasteiger partial charge in [-0.2, -0.15) is 5.26 Å². The van der Waals surface area contributed by atoms with Crippen LogP contribution >= 0.6 is 0 Å². The number of hydrogen-bond acceptors (Lipinski definition) is 5. The molecular weight excluding hydrogens is 232 g/mol. The van der Waals surface area contributed by atoms with Crippen LogP contribution in [0.4, 0.5) is 5.82 Å². The first-order valence-electron chi connectivity index (χ1n) is 5.67. The van der Waals surface area contributed by atoms with E-state index in [-0.39, 0.29) is 11.6 Å². The quantitative estimate of drug-likeness (QED) is 0.611. The number of carbonyl (C=O) groups excluding carboxylic acids is 1. The van der Waals surface area contributed by atoms with Crippen molar-refractivity contribution in [3.8, 4) is 6.07 Å². The molecule has 0 aliphatic carbocycles. The molecule has 6 heteroatoms. The minimum atomic E-state index is -0.403. The number of amides is 1. The molecule has 0 aliphatic rings. The third kappa shape index (κ3) is 3.94. The van der Waals surface area contributed by atoms with Crippen molar-refractivity contribution in [3.63, 3.8) is 0 Å². The second kappa shape index (κ2) is 6.45. The van der Waals surface area contributed by atoms with E-state index in [9.17, 15) is 4.79 Å². The predicted octanol–water partition coefficient (Wildman–Crippen LogP) is 1.72. The van der Waals surface area contributed by atoms with Crippen molar-refractivity contribution in [2.45, 2.75) is 33.2 Å². The molecule has 0 spiro atoms. The zero-order valence-corrected chi connectivity index (χ0v) is 10.7. The van der Waals surface area contributed by atoms with Gasteiger partial charge in [0.25, 0.3) is 5.91 Å². The molecule has 1 rings (SSSR count). The summed E-state index contributed by atoms with van der Waals surface area (Å²) >= 11 is 0. The third-order valence-electron chi connectivity index (χ3n) is 2.35. The Morgan fingerprint density at radius 1 is 1.72 bits per heavy atom. The van der Waals surface area contributed by atoms with Gasteiger partial charge in [-0.3, -0.25) is 4.79 Å². The Hall–Kier alpha value is -2.29. The van der Waals surface area contributed by atoms with E-state index in [0.29, 0.717) is 11.6 Å². The van der Waals surface area contributed by atoms with Gasteiger partial charge in [0.1, 0.15) is 17.4 Å². The van der Waals surface area contributed by atoms with Crippen LogP contribution in [0.2, 0.25) is 0 Å². The summed E-state index contributed by atoms with van der Waals surface area (Å²) in [5.74, 6) is 0.699. The molecule has 0 aromatic carbocycles. The van der Waals surface area contributed by atoms with Gasteiger partial charge in [0.05, 0.1) is 0 Å². The summed E-state index contributed by atoms with van der Waals surface area (Å²) in [5, 5.41) is 18.0. The second-order valence-electron chi connectivity index (χ2n) is 3.92. The van der Waals surface area contributed by atoms with E-state index < -0.39 is 5.91 Å². The van der Waals surface area contributed by atoms with Crippen LogP contribution in [0, 0.1) is 18.3 Å². The summed E-state index contributed by atoms with van der Waals surface area (Å²) in [5.41, 5.74) is -0.00375. The van der Waals surface area contributed by atoms with Crippen LogP contribution in [0.15, 0.2) is 22.4 Å². The Balaban J connectivity index is 2.66. The van der Waals surface area contributed by atoms with Gasteiger partial charge in [-0.1, -0.05) is 12.1 Å². The minimum absolute atomic E-state index is 0.00375. The smallest absolute Gasteiger partial charge is 0.263 e. The lowest BCUT2D eigenvalue weighted by Crippen LogP contribution is -2.33. The highest BCUT2D eigenvalue weighted by Crippen LogP contribution is 2.07. The average molecular weight is 248 g/mol. The number of hydrogen-bond donors (Lipinski definition) is 2. The Kier molecular flexibility index (Phi) is 4.93. The molecule has 1 amide bonds. The molecule has 1 aromatic rings. The van der Waals surface area contributed by atoms with Crippen molar-refractivity contribution in [2.24, 2.45) is 0 Å². The Bertz CT molecular complexity index is 485. The van der Waals surface area contributed by atoms with Crippen LogP contribution in [0.3, 0.4) is 0 Å². The number of carbonyl (C=O) groups is 1. The molecule has 1 unspecified atom stereocenters. The molecule has 6 nitrogen and oxygen atoms in total. The van der Waals surface area contributed by atoms with Gasteiger partial charge in [-0.25, -0.2) is 0 Å². The minimum Gasteiger partial charge on any atom is -0.360 e. The van der Waals surface area contributed by atoms with Crippen LogP contribution in [-0.4, -0.2) is 17.1 Å². The number of nitriles is 1. The predicted molar refractivity (Wildman–Crippen MR) is 66.5 cm³/mol. The molecule has 0 saturated carbocycles. The Labute approximate surface area is 106 Å². The molecule has 0 radical (unpaired) electrons. The van der Waals surface area contributed by atoms with Gasteiger partial charge in [-0.15, -0.1) is 0 Å². The first kappa shape index (κ1) is 13.8. The molecule has 96 valence electrons. The average Bonchev–Trinajstić information content (AvgIpc) is 2.75. The number of rotatable bonds is 5. The lowest BCUT2D eigenvalue weighted by atomic mass is 10.2. The molecule has 1 atom stereocenters. The van der Waals surface area contributed by atoms with E-state index in [1.54, 1.807) is 13.0 Å². The summed E-state index contributed by atoms with van der Waals surface area (Å²) in [7, 11) is 0. The monoisotopic (exact) mass is 248 g/mol. The highest BCUT2D eigenvalue weighted by atomic mass is 16.5. The van der Waals surface area contributed by atoms with Crippen LogP contribution < -0.4 is 10.6 Å². The second-order valence-corrected chi connectivity index (χ2v) is 3.92. The maximum atomic E-state index is 11.7. The molecular formula is C12H16N4O2. The Morgan fingerprint density at radius 2 is 2.44 bits per heavy atom. The van der Waals surface area contributed by atoms with Crippen molar-refractivity contribution in [1.82, 2.24) is 10.5 Å². The molecule has 1 aromatic heterocycles. The van der Waals surface area contributed by atoms with E-state index in [2.05, 4.69) is 15.8 Å². The van der Waals surface area contributed by atoms with Gasteiger partial charge in [-0.05, 0) is 20.3 Å². The molecule has 0 fully saturated rings. The molecule has 2 N–H and O–H groups in total. The van der Waals surface area contributed by atoms with Gasteiger partial charge >= 0.3 is 0 Å². The lowest BCUT2D eigenvalue weighted by molar-refractivity contribution is -0.117. The number of aromatic nitrogens is 1. The van der Waals surface area contributed by atoms with Crippen molar-refractivity contribution in [2.75, 3.05) is 5.32 Å². The fraction of sp³-hybridized carbons (Fsp3) is 0.417. The third-order valence-corrected chi connectivity index (χ3v) is 2.35. The number of nitrogens with zero attached hydrogens (tertiary/aromatic N) is 2. The summed E-state index contributed by atoms with van der Waals surface area (Å²) < 4.78 is 4.85. The standard InChI is InChI=1S/C12H16N4O2/c1-4-8(2)15-12(17)10(6-13)7-14-11-5-9(3)18-16-11/h5,7-8H,4H2,1-3H3,(H,14,16)(H,15,17)/b10-7-. The normalized spacial score (nSPS) is 12.7. The van der Waals surface area contributed by atoms with Crippen LogP contribution in [0.25, 0.3) is 0 Å². The first-order valence-corrected chi connectivity index (χ1v) is 5.67. The summed E-state index contributed by atoms with van der Waals surface area (Å²) in [6.45, 7) is 5.58. The van der Waals surface area contributed by atoms with Crippen LogP contribution in [0.1, 0.15) is 26.0 Å². The van der Waals surface area contributed by atoms with Crippen LogP contribution in [-0.2, 0) is 4.79 Å². The summed E-state index contributed by atoms with van der Waals surface area (Å²) in [6, 6.07) is 3.53. The zero-order valence-electron chi connectivity index (χ0n) is 10.7. The SMILES string of the molecule is CCC(C)NC(=O)/C(C#N)=C\Nc1cc(C)on1. The van der Waals surface area contributed by atoms with Gasteiger partial charge in [0, 0.05) is 18.3 Å². The van der Waals surface area contributed by atoms with Crippen molar-refractivity contribution in [3.05, 3.63) is 23.6 Å². The van der Waals surface area contributed by atoms with Crippen LogP contribution in [0.5, 0.6) is 0 Å². The lowest BCUT2D eigenvalue weighted by Gasteiger charge is -2.10. The molecule has 0 bridgehead atoms. The van der Waals surface area contributed by atoms with Crippen molar-refractivity contribution >= 4 is 11.7 Å². The Morgan fingerprint density at radius 3 is 2.94 bits per heavy atom. The number of aryl methyl sites for hydroxylation is 1. The zero-order chi connectivity index (χ0) is 13.5. The highest BCUT2D eigenvalue weighted by Gasteiger charge is 2.11.